The second-order valence-electron chi connectivity index (χ2n) is 4.13. The van der Waals surface area contributed by atoms with Crippen molar-refractivity contribution in [2.75, 3.05) is 14.2 Å². The Labute approximate surface area is 89.5 Å². The topological polar surface area (TPSA) is 18.5 Å². The highest BCUT2D eigenvalue weighted by Gasteiger charge is 2.37. The van der Waals surface area contributed by atoms with Crippen molar-refractivity contribution in [1.29, 1.82) is 0 Å². The molecule has 1 aromatic rings. The van der Waals surface area contributed by atoms with E-state index in [4.69, 9.17) is 9.47 Å². The molecular weight excluding hydrogens is 188 g/mol. The summed E-state index contributed by atoms with van der Waals surface area (Å²) in [7, 11) is 3.47. The molecule has 3 rings (SSSR count). The van der Waals surface area contributed by atoms with Gasteiger partial charge >= 0.3 is 0 Å². The molecule has 2 aliphatic rings. The molecule has 0 saturated carbocycles. The highest BCUT2D eigenvalue weighted by Crippen LogP contribution is 2.54. The number of ether oxygens (including phenoxy) is 2. The Morgan fingerprint density at radius 1 is 0.933 bits per heavy atom. The van der Waals surface area contributed by atoms with Gasteiger partial charge in [0.25, 0.3) is 0 Å². The summed E-state index contributed by atoms with van der Waals surface area (Å²) < 4.78 is 10.8. The van der Waals surface area contributed by atoms with Crippen LogP contribution in [0.2, 0.25) is 0 Å². The number of allylic oxidation sites excluding steroid dienone is 2. The first-order valence-electron chi connectivity index (χ1n) is 5.28. The van der Waals surface area contributed by atoms with Gasteiger partial charge in [-0.2, -0.15) is 0 Å². The molecule has 0 fully saturated rings. The summed E-state index contributed by atoms with van der Waals surface area (Å²) in [6.07, 6.45) is 5.76. The lowest BCUT2D eigenvalue weighted by atomic mass is 9.95. The highest BCUT2D eigenvalue weighted by atomic mass is 16.5. The van der Waals surface area contributed by atoms with Crippen LogP contribution in [0.25, 0.3) is 0 Å². The third kappa shape index (κ3) is 1.05. The zero-order valence-corrected chi connectivity index (χ0v) is 8.99. The Hall–Kier alpha value is -1.44. The second kappa shape index (κ2) is 3.02. The van der Waals surface area contributed by atoms with Gasteiger partial charge in [0.2, 0.25) is 0 Å². The number of fused-ring (bicyclic) bond motifs is 5. The predicted molar refractivity (Wildman–Crippen MR) is 58.8 cm³/mol. The number of hydrogen-bond donors (Lipinski definition) is 0. The van der Waals surface area contributed by atoms with Crippen molar-refractivity contribution in [2.24, 2.45) is 0 Å². The summed E-state index contributed by atoms with van der Waals surface area (Å²) in [6.45, 7) is 0. The minimum Gasteiger partial charge on any atom is -0.496 e. The maximum Gasteiger partial charge on any atom is 0.123 e. The average molecular weight is 202 g/mol. The molecule has 78 valence electrons. The molecule has 0 N–H and O–H groups in total. The SMILES string of the molecule is COc1ccc(OC)c2c1[C@@H]1C=C[C@@H]2C1. The normalized spacial score (nSPS) is 25.5. The summed E-state index contributed by atoms with van der Waals surface area (Å²) in [4.78, 5) is 0. The van der Waals surface area contributed by atoms with Gasteiger partial charge in [-0.3, -0.25) is 0 Å². The van der Waals surface area contributed by atoms with Crippen molar-refractivity contribution >= 4 is 0 Å². The number of rotatable bonds is 2. The van der Waals surface area contributed by atoms with Crippen LogP contribution in [0.1, 0.15) is 29.4 Å². The molecule has 0 aliphatic heterocycles. The van der Waals surface area contributed by atoms with Crippen LogP contribution in [0.5, 0.6) is 11.5 Å². The number of benzene rings is 1. The van der Waals surface area contributed by atoms with Crippen LogP contribution in [-0.2, 0) is 0 Å². The third-order valence-electron chi connectivity index (χ3n) is 3.47. The molecule has 0 radical (unpaired) electrons. The number of methoxy groups -OCH3 is 2. The molecule has 2 atom stereocenters. The van der Waals surface area contributed by atoms with Gasteiger partial charge < -0.3 is 9.47 Å². The molecule has 2 aliphatic carbocycles. The minimum absolute atomic E-state index is 0.537. The van der Waals surface area contributed by atoms with Crippen LogP contribution >= 0.6 is 0 Å². The Morgan fingerprint density at radius 3 is 1.80 bits per heavy atom. The minimum atomic E-state index is 0.537. The van der Waals surface area contributed by atoms with Gasteiger partial charge in [0.05, 0.1) is 14.2 Å². The summed E-state index contributed by atoms with van der Waals surface area (Å²) in [5.74, 6) is 3.08. The lowest BCUT2D eigenvalue weighted by molar-refractivity contribution is 0.396. The van der Waals surface area contributed by atoms with Crippen molar-refractivity contribution in [2.45, 2.75) is 18.3 Å². The molecule has 0 amide bonds. The second-order valence-corrected chi connectivity index (χ2v) is 4.13. The zero-order valence-electron chi connectivity index (χ0n) is 8.99. The number of hydrogen-bond acceptors (Lipinski definition) is 2. The van der Waals surface area contributed by atoms with Crippen LogP contribution in [0.3, 0.4) is 0 Å². The first-order chi connectivity index (χ1) is 7.35. The fraction of sp³-hybridized carbons (Fsp3) is 0.385. The van der Waals surface area contributed by atoms with E-state index in [1.807, 2.05) is 12.1 Å². The molecule has 0 unspecified atom stereocenters. The van der Waals surface area contributed by atoms with E-state index in [1.54, 1.807) is 14.2 Å². The Kier molecular flexibility index (Phi) is 1.78. The summed E-state index contributed by atoms with van der Waals surface area (Å²) >= 11 is 0. The fourth-order valence-corrected chi connectivity index (χ4v) is 2.84. The average Bonchev–Trinajstić information content (AvgIpc) is 2.88. The molecule has 1 aromatic carbocycles. The van der Waals surface area contributed by atoms with Crippen LogP contribution in [0.15, 0.2) is 24.3 Å². The van der Waals surface area contributed by atoms with Crippen molar-refractivity contribution in [3.63, 3.8) is 0 Å². The molecular formula is C13H14O2. The van der Waals surface area contributed by atoms with Crippen LogP contribution < -0.4 is 9.47 Å². The molecule has 0 spiro atoms. The van der Waals surface area contributed by atoms with Crippen LogP contribution in [0.4, 0.5) is 0 Å². The highest BCUT2D eigenvalue weighted by molar-refractivity contribution is 5.60. The summed E-state index contributed by atoms with van der Waals surface area (Å²) in [5, 5.41) is 0. The molecule has 0 heterocycles. The maximum atomic E-state index is 5.42. The third-order valence-corrected chi connectivity index (χ3v) is 3.47. The van der Waals surface area contributed by atoms with Crippen LogP contribution in [-0.4, -0.2) is 14.2 Å². The zero-order chi connectivity index (χ0) is 10.4. The Balaban J connectivity index is 2.23. The molecule has 0 saturated heterocycles. The van der Waals surface area contributed by atoms with E-state index in [-0.39, 0.29) is 0 Å². The Morgan fingerprint density at radius 2 is 1.40 bits per heavy atom. The lowest BCUT2D eigenvalue weighted by Crippen LogP contribution is -2.00. The first kappa shape index (κ1) is 8.84. The van der Waals surface area contributed by atoms with Gasteiger partial charge in [0.1, 0.15) is 11.5 Å². The first-order valence-corrected chi connectivity index (χ1v) is 5.28. The van der Waals surface area contributed by atoms with E-state index in [0.29, 0.717) is 11.8 Å². The van der Waals surface area contributed by atoms with E-state index < -0.39 is 0 Å². The molecule has 2 heteroatoms. The maximum absolute atomic E-state index is 5.42. The fourth-order valence-electron chi connectivity index (χ4n) is 2.84. The Bertz CT molecular complexity index is 395. The smallest absolute Gasteiger partial charge is 0.123 e. The predicted octanol–water partition coefficient (Wildman–Crippen LogP) is 2.84. The van der Waals surface area contributed by atoms with Crippen molar-refractivity contribution < 1.29 is 9.47 Å². The quantitative estimate of drug-likeness (QED) is 0.686. The van der Waals surface area contributed by atoms with Crippen molar-refractivity contribution in [3.8, 4) is 11.5 Å². The molecule has 2 nitrogen and oxygen atoms in total. The van der Waals surface area contributed by atoms with Gasteiger partial charge in [-0.1, -0.05) is 12.2 Å². The van der Waals surface area contributed by atoms with Crippen molar-refractivity contribution in [1.82, 2.24) is 0 Å². The van der Waals surface area contributed by atoms with E-state index in [1.165, 1.54) is 17.5 Å². The lowest BCUT2D eigenvalue weighted by Gasteiger charge is -2.17. The summed E-state index contributed by atoms with van der Waals surface area (Å²) in [6, 6.07) is 4.01. The molecule has 2 bridgehead atoms. The van der Waals surface area contributed by atoms with Gasteiger partial charge in [0.15, 0.2) is 0 Å². The van der Waals surface area contributed by atoms with Crippen molar-refractivity contribution in [3.05, 3.63) is 35.4 Å². The van der Waals surface area contributed by atoms with Gasteiger partial charge in [-0.15, -0.1) is 0 Å². The standard InChI is InChI=1S/C13H14O2/c1-14-10-5-6-11(15-2)13-9-4-3-8(7-9)12(10)13/h3-6,8-9H,7H2,1-2H3/t8-,9-/m1/s1. The molecule has 15 heavy (non-hydrogen) atoms. The van der Waals surface area contributed by atoms with Gasteiger partial charge in [0, 0.05) is 23.0 Å². The van der Waals surface area contributed by atoms with Gasteiger partial charge in [-0.05, 0) is 18.6 Å². The monoisotopic (exact) mass is 202 g/mol. The van der Waals surface area contributed by atoms with E-state index >= 15 is 0 Å². The summed E-state index contributed by atoms with van der Waals surface area (Å²) in [5.41, 5.74) is 2.67. The molecule has 0 aromatic heterocycles. The van der Waals surface area contributed by atoms with E-state index in [2.05, 4.69) is 12.2 Å². The van der Waals surface area contributed by atoms with E-state index in [0.717, 1.165) is 11.5 Å². The van der Waals surface area contributed by atoms with Gasteiger partial charge in [-0.25, -0.2) is 0 Å². The van der Waals surface area contributed by atoms with E-state index in [9.17, 15) is 0 Å². The largest absolute Gasteiger partial charge is 0.496 e. The van der Waals surface area contributed by atoms with Crippen LogP contribution in [0, 0.1) is 0 Å².